The minimum Gasteiger partial charge on any atom is -0.458 e. The summed E-state index contributed by atoms with van der Waals surface area (Å²) in [6.07, 6.45) is 8.64. The van der Waals surface area contributed by atoms with E-state index in [1.54, 1.807) is 12.2 Å². The maximum Gasteiger partial charge on any atom is 0.306 e. The number of nitrogens with zero attached hydrogens (tertiary/aromatic N) is 1. The number of fused-ring (bicyclic) bond motifs is 5. The summed E-state index contributed by atoms with van der Waals surface area (Å²) in [5.74, 6) is -0.425. The predicted molar refractivity (Wildman–Crippen MR) is 120 cm³/mol. The molecule has 3 saturated carbocycles. The lowest BCUT2D eigenvalue weighted by Gasteiger charge is -2.58. The van der Waals surface area contributed by atoms with E-state index < -0.39 is 17.2 Å². The summed E-state index contributed by atoms with van der Waals surface area (Å²) in [7, 11) is 0. The van der Waals surface area contributed by atoms with Gasteiger partial charge in [-0.15, -0.1) is 10.1 Å². The van der Waals surface area contributed by atoms with Crippen molar-refractivity contribution in [3.05, 3.63) is 33.9 Å². The first-order valence-corrected chi connectivity index (χ1v) is 12.1. The molecule has 0 bridgehead atoms. The molecule has 0 radical (unpaired) electrons. The smallest absolute Gasteiger partial charge is 0.306 e. The molecule has 0 heterocycles. The number of hydrogen-bond acceptors (Lipinski definition) is 8. The monoisotopic (exact) mass is 475 g/mol. The molecule has 9 heteroatoms. The average molecular weight is 476 g/mol. The molecular weight excluding hydrogens is 442 g/mol. The highest BCUT2D eigenvalue weighted by atomic mass is 16.9. The summed E-state index contributed by atoms with van der Waals surface area (Å²) in [5, 5.41) is 20.6. The Morgan fingerprint density at radius 2 is 2.03 bits per heavy atom. The molecule has 7 unspecified atom stereocenters. The number of aliphatic hydroxyl groups is 1. The van der Waals surface area contributed by atoms with Crippen molar-refractivity contribution in [2.45, 2.75) is 64.9 Å². The van der Waals surface area contributed by atoms with Gasteiger partial charge in [-0.3, -0.25) is 14.4 Å². The standard InChI is InChI=1S/C25H33NO8/c1-24-10-9-16(27)12-15(24)5-6-17-18-7-8-19(25(18,2)13-20(28)23(17)24)21(29)14-33-22(30)4-3-11-34-26(31)32/h9-10,12,17-20,23,28H,3-8,11,13-14H2,1-2H3. The summed E-state index contributed by atoms with van der Waals surface area (Å²) in [4.78, 5) is 51.3. The number of ether oxygens (including phenoxy) is 1. The lowest BCUT2D eigenvalue weighted by Crippen LogP contribution is -2.56. The van der Waals surface area contributed by atoms with E-state index in [0.29, 0.717) is 12.8 Å². The van der Waals surface area contributed by atoms with Crippen molar-refractivity contribution in [1.29, 1.82) is 0 Å². The van der Waals surface area contributed by atoms with Gasteiger partial charge in [-0.25, -0.2) is 0 Å². The molecule has 9 nitrogen and oxygen atoms in total. The fourth-order valence-corrected chi connectivity index (χ4v) is 7.53. The highest BCUT2D eigenvalue weighted by molar-refractivity contribution is 6.01. The highest BCUT2D eigenvalue weighted by Crippen LogP contribution is 2.66. The van der Waals surface area contributed by atoms with Crippen LogP contribution in [0.2, 0.25) is 0 Å². The Morgan fingerprint density at radius 3 is 2.76 bits per heavy atom. The molecule has 34 heavy (non-hydrogen) atoms. The number of Topliss-reactive ketones (excluding diaryl/α,β-unsaturated/α-hetero) is 1. The number of carbonyl (C=O) groups is 3. The molecular formula is C25H33NO8. The Bertz CT molecular complexity index is 941. The van der Waals surface area contributed by atoms with Crippen LogP contribution in [0.5, 0.6) is 0 Å². The summed E-state index contributed by atoms with van der Waals surface area (Å²) < 4.78 is 5.15. The lowest BCUT2D eigenvalue weighted by atomic mass is 9.46. The number of aliphatic hydroxyl groups excluding tert-OH is 1. The molecule has 0 spiro atoms. The fourth-order valence-electron chi connectivity index (χ4n) is 7.53. The minimum atomic E-state index is -0.914. The molecule has 3 fully saturated rings. The van der Waals surface area contributed by atoms with Crippen LogP contribution in [0.15, 0.2) is 23.8 Å². The van der Waals surface area contributed by atoms with Gasteiger partial charge >= 0.3 is 5.97 Å². The number of esters is 1. The maximum atomic E-state index is 13.1. The zero-order valence-electron chi connectivity index (χ0n) is 19.7. The molecule has 4 aliphatic rings. The van der Waals surface area contributed by atoms with Crippen molar-refractivity contribution in [1.82, 2.24) is 0 Å². The van der Waals surface area contributed by atoms with E-state index in [2.05, 4.69) is 18.7 Å². The second kappa shape index (κ2) is 9.24. The molecule has 0 saturated heterocycles. The molecule has 186 valence electrons. The SMILES string of the molecule is CC12C=CC(=O)C=C1CCC1C2C(O)CC2(C)C(C(=O)COC(=O)CCCO[N+](=O)[O-])CCC12. The van der Waals surface area contributed by atoms with Crippen LogP contribution >= 0.6 is 0 Å². The first kappa shape index (κ1) is 24.6. The van der Waals surface area contributed by atoms with Gasteiger partial charge in [0.1, 0.15) is 6.61 Å². The van der Waals surface area contributed by atoms with E-state index in [9.17, 15) is 29.6 Å². The summed E-state index contributed by atoms with van der Waals surface area (Å²) >= 11 is 0. The van der Waals surface area contributed by atoms with Crippen LogP contribution in [0.3, 0.4) is 0 Å². The van der Waals surface area contributed by atoms with Crippen LogP contribution < -0.4 is 0 Å². The van der Waals surface area contributed by atoms with Crippen molar-refractivity contribution in [2.24, 2.45) is 34.5 Å². The third-order valence-electron chi connectivity index (χ3n) is 8.98. The van der Waals surface area contributed by atoms with Gasteiger partial charge in [0.15, 0.2) is 11.6 Å². The number of carbonyl (C=O) groups excluding carboxylic acids is 3. The average Bonchev–Trinajstić information content (AvgIpc) is 3.11. The Labute approximate surface area is 198 Å². The van der Waals surface area contributed by atoms with Gasteiger partial charge in [0.05, 0.1) is 12.7 Å². The quantitative estimate of drug-likeness (QED) is 0.245. The third-order valence-corrected chi connectivity index (χ3v) is 8.98. The van der Waals surface area contributed by atoms with Crippen LogP contribution in [-0.2, 0) is 24.0 Å². The normalized spacial score (nSPS) is 38.3. The van der Waals surface area contributed by atoms with Gasteiger partial charge in [-0.05, 0) is 67.9 Å². The molecule has 0 amide bonds. The third kappa shape index (κ3) is 4.30. The van der Waals surface area contributed by atoms with Gasteiger partial charge in [-0.2, -0.15) is 0 Å². The van der Waals surface area contributed by atoms with Crippen molar-refractivity contribution >= 4 is 17.5 Å². The minimum absolute atomic E-state index is 0.00689. The van der Waals surface area contributed by atoms with E-state index in [1.165, 1.54) is 0 Å². The topological polar surface area (TPSA) is 133 Å². The first-order chi connectivity index (χ1) is 16.1. The molecule has 7 atom stereocenters. The van der Waals surface area contributed by atoms with Gasteiger partial charge < -0.3 is 14.7 Å². The molecule has 0 aliphatic heterocycles. The van der Waals surface area contributed by atoms with Crippen molar-refractivity contribution in [3.8, 4) is 0 Å². The Morgan fingerprint density at radius 1 is 1.26 bits per heavy atom. The summed E-state index contributed by atoms with van der Waals surface area (Å²) in [5.41, 5.74) is 0.397. The highest BCUT2D eigenvalue weighted by Gasteiger charge is 2.62. The molecule has 0 aromatic heterocycles. The van der Waals surface area contributed by atoms with Crippen LogP contribution in [0, 0.1) is 44.6 Å². The first-order valence-electron chi connectivity index (χ1n) is 12.1. The fraction of sp³-hybridized carbons (Fsp3) is 0.720. The number of hydrogen-bond donors (Lipinski definition) is 1. The summed E-state index contributed by atoms with van der Waals surface area (Å²) in [6.45, 7) is 3.70. The molecule has 4 aliphatic carbocycles. The zero-order valence-corrected chi connectivity index (χ0v) is 19.7. The van der Waals surface area contributed by atoms with Gasteiger partial charge in [-0.1, -0.05) is 25.5 Å². The predicted octanol–water partition coefficient (Wildman–Crippen LogP) is 2.98. The van der Waals surface area contributed by atoms with Gasteiger partial charge in [0.25, 0.3) is 5.09 Å². The Balaban J connectivity index is 1.40. The Kier molecular flexibility index (Phi) is 6.68. The van der Waals surface area contributed by atoms with E-state index in [1.807, 2.05) is 6.08 Å². The van der Waals surface area contributed by atoms with Crippen molar-refractivity contribution < 1.29 is 34.2 Å². The van der Waals surface area contributed by atoms with Gasteiger partial charge in [0.2, 0.25) is 0 Å². The Hall–Kier alpha value is -2.55. The van der Waals surface area contributed by atoms with E-state index in [-0.39, 0.29) is 72.1 Å². The molecule has 0 aromatic rings. The van der Waals surface area contributed by atoms with Crippen LogP contribution in [0.1, 0.15) is 58.8 Å². The van der Waals surface area contributed by atoms with Crippen molar-refractivity contribution in [3.63, 3.8) is 0 Å². The second-order valence-electron chi connectivity index (χ2n) is 10.7. The number of ketones is 2. The van der Waals surface area contributed by atoms with Gasteiger partial charge in [0, 0.05) is 23.7 Å². The molecule has 4 rings (SSSR count). The largest absolute Gasteiger partial charge is 0.458 e. The van der Waals surface area contributed by atoms with Crippen LogP contribution in [-0.4, -0.2) is 47.0 Å². The maximum absolute atomic E-state index is 13.1. The van der Waals surface area contributed by atoms with E-state index in [0.717, 1.165) is 24.8 Å². The van der Waals surface area contributed by atoms with E-state index >= 15 is 0 Å². The molecule has 0 aromatic carbocycles. The number of rotatable bonds is 8. The second-order valence-corrected chi connectivity index (χ2v) is 10.7. The van der Waals surface area contributed by atoms with Crippen LogP contribution in [0.25, 0.3) is 0 Å². The van der Waals surface area contributed by atoms with Crippen molar-refractivity contribution in [2.75, 3.05) is 13.2 Å². The lowest BCUT2D eigenvalue weighted by molar-refractivity contribution is -0.757. The summed E-state index contributed by atoms with van der Waals surface area (Å²) in [6, 6.07) is 0. The van der Waals surface area contributed by atoms with E-state index in [4.69, 9.17) is 4.74 Å². The van der Waals surface area contributed by atoms with Crippen LogP contribution in [0.4, 0.5) is 0 Å². The zero-order chi connectivity index (χ0) is 24.7. The number of allylic oxidation sites excluding steroid dienone is 4. The molecule has 1 N–H and O–H groups in total.